The molecule has 1 aliphatic heterocycles. The number of halogens is 1. The molecule has 0 spiro atoms. The van der Waals surface area contributed by atoms with Gasteiger partial charge in [0.2, 0.25) is 12.7 Å². The Hall–Kier alpha value is -3.39. The summed E-state index contributed by atoms with van der Waals surface area (Å²) in [6.07, 6.45) is 1.85. The quantitative estimate of drug-likeness (QED) is 0.539. The van der Waals surface area contributed by atoms with Gasteiger partial charge in [0.15, 0.2) is 16.6 Å². The summed E-state index contributed by atoms with van der Waals surface area (Å²) in [5.74, 6) is 0.851. The molecule has 1 amide bonds. The maximum atomic E-state index is 13.5. The number of aromatic amines is 1. The van der Waals surface area contributed by atoms with Crippen LogP contribution in [0.5, 0.6) is 11.5 Å². The molecule has 6 nitrogen and oxygen atoms in total. The number of carbonyl (C=O) groups is 1. The van der Waals surface area contributed by atoms with Crippen LogP contribution in [-0.4, -0.2) is 22.7 Å². The summed E-state index contributed by atoms with van der Waals surface area (Å²) in [4.78, 5) is 19.9. The molecule has 0 saturated carbocycles. The summed E-state index contributed by atoms with van der Waals surface area (Å²) in [6.45, 7) is 0.217. The number of rotatable bonds is 4. The highest BCUT2D eigenvalue weighted by molar-refractivity contribution is 7.14. The van der Waals surface area contributed by atoms with Crippen molar-refractivity contribution in [1.82, 2.24) is 9.97 Å². The zero-order chi connectivity index (χ0) is 19.1. The number of H-pyrrole nitrogens is 1. The maximum Gasteiger partial charge on any atom is 0.231 e. The van der Waals surface area contributed by atoms with Crippen LogP contribution in [0, 0.1) is 5.82 Å². The van der Waals surface area contributed by atoms with E-state index in [1.165, 1.54) is 23.5 Å². The normalized spacial score (nSPS) is 12.5. The van der Waals surface area contributed by atoms with Crippen LogP contribution < -0.4 is 14.8 Å². The summed E-state index contributed by atoms with van der Waals surface area (Å²) in [7, 11) is 0. The van der Waals surface area contributed by atoms with E-state index in [0.717, 1.165) is 22.3 Å². The van der Waals surface area contributed by atoms with Gasteiger partial charge in [0.25, 0.3) is 0 Å². The number of hydrogen-bond donors (Lipinski definition) is 2. The Morgan fingerprint density at radius 3 is 3.04 bits per heavy atom. The van der Waals surface area contributed by atoms with E-state index >= 15 is 0 Å². The molecule has 2 N–H and O–H groups in total. The summed E-state index contributed by atoms with van der Waals surface area (Å²) < 4.78 is 24.2. The van der Waals surface area contributed by atoms with Crippen molar-refractivity contribution in [3.63, 3.8) is 0 Å². The molecule has 0 fully saturated rings. The summed E-state index contributed by atoms with van der Waals surface area (Å²) in [5, 5.41) is 5.88. The van der Waals surface area contributed by atoms with Crippen LogP contribution in [0.4, 0.5) is 9.52 Å². The van der Waals surface area contributed by atoms with Gasteiger partial charge in [-0.25, -0.2) is 9.37 Å². The van der Waals surface area contributed by atoms with Crippen LogP contribution in [0.2, 0.25) is 0 Å². The number of thiazole rings is 1. The van der Waals surface area contributed by atoms with Crippen molar-refractivity contribution in [2.75, 3.05) is 12.1 Å². The standard InChI is InChI=1S/C20H14FN3O3S/c21-13-2-3-15-14(7-13)12(8-22-15)6-19(25)24-20-23-16(9-28-20)11-1-4-17-18(5-11)27-10-26-17/h1-5,7-9,22H,6,10H2,(H,23,24,25). The van der Waals surface area contributed by atoms with Crippen molar-refractivity contribution in [3.8, 4) is 22.8 Å². The van der Waals surface area contributed by atoms with Crippen LogP contribution >= 0.6 is 11.3 Å². The predicted molar refractivity (Wildman–Crippen MR) is 104 cm³/mol. The number of fused-ring (bicyclic) bond motifs is 2. The van der Waals surface area contributed by atoms with Crippen molar-refractivity contribution >= 4 is 33.3 Å². The Morgan fingerprint density at radius 2 is 2.11 bits per heavy atom. The molecule has 0 saturated heterocycles. The zero-order valence-electron chi connectivity index (χ0n) is 14.5. The number of nitrogens with zero attached hydrogens (tertiary/aromatic N) is 1. The van der Waals surface area contributed by atoms with Crippen molar-refractivity contribution in [1.29, 1.82) is 0 Å². The van der Waals surface area contributed by atoms with E-state index in [1.807, 2.05) is 23.6 Å². The molecular weight excluding hydrogens is 381 g/mol. The second kappa shape index (κ2) is 6.65. The molecule has 0 unspecified atom stereocenters. The Kier molecular flexibility index (Phi) is 3.98. The van der Waals surface area contributed by atoms with Gasteiger partial charge < -0.3 is 19.8 Å². The van der Waals surface area contributed by atoms with E-state index in [2.05, 4.69) is 15.3 Å². The largest absolute Gasteiger partial charge is 0.454 e. The number of hydrogen-bond acceptors (Lipinski definition) is 5. The first-order valence-corrected chi connectivity index (χ1v) is 9.44. The number of anilines is 1. The average Bonchev–Trinajstić information content (AvgIpc) is 3.41. The molecule has 140 valence electrons. The van der Waals surface area contributed by atoms with Gasteiger partial charge in [-0.3, -0.25) is 4.79 Å². The number of benzene rings is 2. The van der Waals surface area contributed by atoms with Crippen LogP contribution in [0.3, 0.4) is 0 Å². The van der Waals surface area contributed by atoms with Gasteiger partial charge in [0, 0.05) is 28.0 Å². The first kappa shape index (κ1) is 16.8. The van der Waals surface area contributed by atoms with Crippen molar-refractivity contribution < 1.29 is 18.7 Å². The van der Waals surface area contributed by atoms with Crippen LogP contribution in [0.15, 0.2) is 48.0 Å². The zero-order valence-corrected chi connectivity index (χ0v) is 15.3. The van der Waals surface area contributed by atoms with E-state index in [9.17, 15) is 9.18 Å². The summed E-state index contributed by atoms with van der Waals surface area (Å²) in [5.41, 5.74) is 3.16. The highest BCUT2D eigenvalue weighted by Gasteiger charge is 2.16. The SMILES string of the molecule is O=C(Cc1c[nH]c2ccc(F)cc12)Nc1nc(-c2ccc3c(c2)OCO3)cs1. The lowest BCUT2D eigenvalue weighted by molar-refractivity contribution is -0.115. The number of ether oxygens (including phenoxy) is 2. The predicted octanol–water partition coefficient (Wildman–Crippen LogP) is 4.34. The van der Waals surface area contributed by atoms with Crippen molar-refractivity contribution in [2.45, 2.75) is 6.42 Å². The maximum absolute atomic E-state index is 13.5. The third-order valence-corrected chi connectivity index (χ3v) is 5.26. The molecule has 8 heteroatoms. The topological polar surface area (TPSA) is 76.2 Å². The van der Waals surface area contributed by atoms with Gasteiger partial charge in [-0.05, 0) is 42.0 Å². The molecular formula is C20H14FN3O3S. The lowest BCUT2D eigenvalue weighted by Gasteiger charge is -2.02. The number of amides is 1. The Labute approximate surface area is 162 Å². The molecule has 5 rings (SSSR count). The summed E-state index contributed by atoms with van der Waals surface area (Å²) in [6, 6.07) is 10.1. The molecule has 0 atom stereocenters. The van der Waals surface area contributed by atoms with Gasteiger partial charge in [-0.2, -0.15) is 0 Å². The minimum absolute atomic E-state index is 0.127. The fraction of sp³-hybridized carbons (Fsp3) is 0.100. The first-order valence-electron chi connectivity index (χ1n) is 8.56. The lowest BCUT2D eigenvalue weighted by atomic mass is 10.1. The number of carbonyl (C=O) groups excluding carboxylic acids is 1. The molecule has 2 aromatic heterocycles. The van der Waals surface area contributed by atoms with E-state index in [0.29, 0.717) is 22.0 Å². The van der Waals surface area contributed by atoms with Crippen molar-refractivity contribution in [3.05, 3.63) is 59.4 Å². The van der Waals surface area contributed by atoms with E-state index in [1.54, 1.807) is 12.3 Å². The van der Waals surface area contributed by atoms with Gasteiger partial charge in [0.05, 0.1) is 12.1 Å². The second-order valence-electron chi connectivity index (χ2n) is 6.33. The smallest absolute Gasteiger partial charge is 0.231 e. The average molecular weight is 395 g/mol. The van der Waals surface area contributed by atoms with Gasteiger partial charge in [-0.15, -0.1) is 11.3 Å². The second-order valence-corrected chi connectivity index (χ2v) is 7.19. The Balaban J connectivity index is 1.31. The van der Waals surface area contributed by atoms with Gasteiger partial charge >= 0.3 is 0 Å². The molecule has 1 aliphatic rings. The third kappa shape index (κ3) is 3.07. The lowest BCUT2D eigenvalue weighted by Crippen LogP contribution is -2.14. The van der Waals surface area contributed by atoms with Crippen molar-refractivity contribution in [2.24, 2.45) is 0 Å². The van der Waals surface area contributed by atoms with Gasteiger partial charge in [0.1, 0.15) is 5.82 Å². The van der Waals surface area contributed by atoms with Crippen LogP contribution in [0.25, 0.3) is 22.2 Å². The molecule has 3 heterocycles. The minimum Gasteiger partial charge on any atom is -0.454 e. The number of aromatic nitrogens is 2. The highest BCUT2D eigenvalue weighted by atomic mass is 32.1. The molecule has 0 aliphatic carbocycles. The molecule has 0 radical (unpaired) electrons. The van der Waals surface area contributed by atoms with E-state index in [4.69, 9.17) is 9.47 Å². The van der Waals surface area contributed by atoms with E-state index < -0.39 is 0 Å². The fourth-order valence-corrected chi connectivity index (χ4v) is 3.89. The summed E-state index contributed by atoms with van der Waals surface area (Å²) >= 11 is 1.34. The monoisotopic (exact) mass is 395 g/mol. The van der Waals surface area contributed by atoms with Crippen LogP contribution in [0.1, 0.15) is 5.56 Å². The molecule has 0 bridgehead atoms. The van der Waals surface area contributed by atoms with E-state index in [-0.39, 0.29) is 24.9 Å². The van der Waals surface area contributed by atoms with Gasteiger partial charge in [-0.1, -0.05) is 0 Å². The molecule has 2 aromatic carbocycles. The third-order valence-electron chi connectivity index (χ3n) is 4.50. The molecule has 28 heavy (non-hydrogen) atoms. The fourth-order valence-electron chi connectivity index (χ4n) is 3.15. The highest BCUT2D eigenvalue weighted by Crippen LogP contribution is 2.36. The van der Waals surface area contributed by atoms with Crippen LogP contribution in [-0.2, 0) is 11.2 Å². The Morgan fingerprint density at radius 1 is 1.21 bits per heavy atom. The number of nitrogens with one attached hydrogen (secondary N) is 2. The molecule has 4 aromatic rings. The first-order chi connectivity index (χ1) is 13.7. The minimum atomic E-state index is -0.331. The Bertz CT molecular complexity index is 1200.